The maximum atomic E-state index is 6.35. The van der Waals surface area contributed by atoms with Crippen LogP contribution in [0.4, 0.5) is 0 Å². The Bertz CT molecular complexity index is 1040. The minimum atomic E-state index is -0.467. The fourth-order valence-corrected chi connectivity index (χ4v) is 5.77. The van der Waals surface area contributed by atoms with E-state index in [-0.39, 0.29) is 49.0 Å². The number of fused-ring (bicyclic) bond motifs is 2. The molecule has 0 unspecified atom stereocenters. The molecule has 0 saturated carbocycles. The maximum Gasteiger partial charge on any atom is 0.187 e. The quantitative estimate of drug-likeness (QED) is 0.170. The van der Waals surface area contributed by atoms with Gasteiger partial charge in [-0.1, -0.05) is 99.7 Å². The molecule has 0 spiro atoms. The van der Waals surface area contributed by atoms with Gasteiger partial charge in [0.25, 0.3) is 0 Å². The molecule has 0 radical (unpaired) electrons. The van der Waals surface area contributed by atoms with E-state index in [1.165, 1.54) is 32.1 Å². The highest BCUT2D eigenvalue weighted by atomic mass is 16.8. The molecule has 0 aliphatic carbocycles. The molecular weight excluding hydrogens is 524 g/mol. The average Bonchev–Trinajstić information content (AvgIpc) is 3.92. The summed E-state index contributed by atoms with van der Waals surface area (Å²) >= 11 is 0. The second-order valence-electron chi connectivity index (χ2n) is 11.5. The second kappa shape index (κ2) is 14.5. The molecule has 224 valence electrons. The van der Waals surface area contributed by atoms with E-state index in [0.29, 0.717) is 33.0 Å². The van der Waals surface area contributed by atoms with Crippen molar-refractivity contribution in [3.8, 4) is 0 Å². The first-order valence-electron chi connectivity index (χ1n) is 15.4. The summed E-state index contributed by atoms with van der Waals surface area (Å²) in [5.41, 5.74) is 2.22. The van der Waals surface area contributed by atoms with Gasteiger partial charge in [0, 0.05) is 6.61 Å². The molecule has 4 aliphatic heterocycles. The Balaban J connectivity index is 0.950. The Kier molecular flexibility index (Phi) is 10.4. The third-order valence-corrected chi connectivity index (χ3v) is 8.22. The van der Waals surface area contributed by atoms with Gasteiger partial charge in [-0.3, -0.25) is 0 Å². The minimum absolute atomic E-state index is 0.0170. The third kappa shape index (κ3) is 7.94. The molecule has 2 aromatic carbocycles. The first-order valence-corrected chi connectivity index (χ1v) is 15.4. The molecular formula is C33H44O8. The maximum absolute atomic E-state index is 6.35. The van der Waals surface area contributed by atoms with E-state index in [1.807, 2.05) is 36.4 Å². The monoisotopic (exact) mass is 568 g/mol. The number of rotatable bonds is 19. The third-order valence-electron chi connectivity index (χ3n) is 8.22. The predicted molar refractivity (Wildman–Crippen MR) is 151 cm³/mol. The highest BCUT2D eigenvalue weighted by Gasteiger charge is 2.63. The van der Waals surface area contributed by atoms with Crippen LogP contribution in [0.15, 0.2) is 60.7 Å². The zero-order chi connectivity index (χ0) is 27.9. The first-order chi connectivity index (χ1) is 20.3. The normalized spacial score (nSPS) is 32.0. The summed E-state index contributed by atoms with van der Waals surface area (Å²) in [6.45, 7) is 4.70. The van der Waals surface area contributed by atoms with Crippen molar-refractivity contribution in [2.24, 2.45) is 0 Å². The van der Waals surface area contributed by atoms with Gasteiger partial charge >= 0.3 is 0 Å². The summed E-state index contributed by atoms with van der Waals surface area (Å²) < 4.78 is 48.8. The predicted octanol–water partition coefficient (Wildman–Crippen LogP) is 5.17. The van der Waals surface area contributed by atoms with Gasteiger partial charge in [0.1, 0.15) is 42.7 Å². The van der Waals surface area contributed by atoms with Crippen molar-refractivity contribution in [2.45, 2.75) is 114 Å². The Morgan fingerprint density at radius 2 is 1.32 bits per heavy atom. The minimum Gasteiger partial charge on any atom is -0.374 e. The van der Waals surface area contributed by atoms with Crippen LogP contribution in [0, 0.1) is 0 Å². The van der Waals surface area contributed by atoms with Crippen LogP contribution in [-0.4, -0.2) is 75.1 Å². The Morgan fingerprint density at radius 1 is 0.659 bits per heavy atom. The van der Waals surface area contributed by atoms with Crippen LogP contribution in [-0.2, 0) is 51.1 Å². The van der Waals surface area contributed by atoms with Crippen LogP contribution < -0.4 is 0 Å². The zero-order valence-corrected chi connectivity index (χ0v) is 24.0. The molecule has 8 heteroatoms. The fourth-order valence-electron chi connectivity index (χ4n) is 5.77. The fraction of sp³-hybridized carbons (Fsp3) is 0.636. The molecule has 4 aliphatic rings. The lowest BCUT2D eigenvalue weighted by Crippen LogP contribution is -2.39. The standard InChI is InChI=1S/C33H44O8/c1-2-3-4-5-6-13-18-35-32-30-28(39-30)26(38-32)22-37-33-31-29(40-31)27(41-33)25(36-20-24-16-11-8-12-17-24)21-34-19-23-14-9-7-10-15-23/h7-12,14-17,25-33H,2-6,13,18-22H2,1H3/t25-,26-,27+,28+,29-,30+,31-,32+,33+/m1/s1. The molecule has 0 amide bonds. The summed E-state index contributed by atoms with van der Waals surface area (Å²) in [7, 11) is 0. The van der Waals surface area contributed by atoms with Crippen LogP contribution in [0.25, 0.3) is 0 Å². The summed E-state index contributed by atoms with van der Waals surface area (Å²) in [5.74, 6) is 0. The Hall–Kier alpha value is -1.88. The first kappa shape index (κ1) is 29.2. The van der Waals surface area contributed by atoms with E-state index in [0.717, 1.165) is 17.5 Å². The average molecular weight is 569 g/mol. The van der Waals surface area contributed by atoms with E-state index in [4.69, 9.17) is 37.9 Å². The molecule has 4 heterocycles. The van der Waals surface area contributed by atoms with Crippen molar-refractivity contribution in [3.63, 3.8) is 0 Å². The van der Waals surface area contributed by atoms with Crippen molar-refractivity contribution in [1.29, 1.82) is 0 Å². The Labute approximate surface area is 243 Å². The van der Waals surface area contributed by atoms with Gasteiger partial charge in [-0.25, -0.2) is 0 Å². The number of hydrogen-bond donors (Lipinski definition) is 0. The molecule has 6 rings (SSSR count). The smallest absolute Gasteiger partial charge is 0.187 e. The zero-order valence-electron chi connectivity index (χ0n) is 24.0. The molecule has 0 N–H and O–H groups in total. The van der Waals surface area contributed by atoms with Gasteiger partial charge in [0.15, 0.2) is 12.6 Å². The number of epoxide rings is 2. The lowest BCUT2D eigenvalue weighted by atomic mass is 10.1. The van der Waals surface area contributed by atoms with Gasteiger partial charge in [0.2, 0.25) is 0 Å². The summed E-state index contributed by atoms with van der Waals surface area (Å²) in [6.07, 6.45) is 5.80. The van der Waals surface area contributed by atoms with Crippen LogP contribution >= 0.6 is 0 Å². The molecule has 4 fully saturated rings. The molecule has 0 aromatic heterocycles. The van der Waals surface area contributed by atoms with Crippen LogP contribution in [0.2, 0.25) is 0 Å². The molecule has 4 saturated heterocycles. The molecule has 8 nitrogen and oxygen atoms in total. The van der Waals surface area contributed by atoms with Crippen LogP contribution in [0.1, 0.15) is 56.6 Å². The van der Waals surface area contributed by atoms with Gasteiger partial charge in [0.05, 0.1) is 26.4 Å². The van der Waals surface area contributed by atoms with Crippen molar-refractivity contribution < 1.29 is 37.9 Å². The van der Waals surface area contributed by atoms with E-state index in [1.54, 1.807) is 0 Å². The lowest BCUT2D eigenvalue weighted by molar-refractivity contribution is -0.231. The highest BCUT2D eigenvalue weighted by molar-refractivity contribution is 5.14. The SMILES string of the molecule is CCCCCCCCO[C@H]1O[C@H](CO[C@H]2O[C@@H]([C@@H](COCc3ccccc3)OCc3ccccc3)[C@H]3O[C@@H]23)[C@@H]2O[C@H]12. The highest BCUT2D eigenvalue weighted by Crippen LogP contribution is 2.44. The van der Waals surface area contributed by atoms with Crippen molar-refractivity contribution in [3.05, 3.63) is 71.8 Å². The van der Waals surface area contributed by atoms with Gasteiger partial charge in [-0.15, -0.1) is 0 Å². The summed E-state index contributed by atoms with van der Waals surface area (Å²) in [6, 6.07) is 20.3. The van der Waals surface area contributed by atoms with Crippen LogP contribution in [0.3, 0.4) is 0 Å². The van der Waals surface area contributed by atoms with Crippen molar-refractivity contribution >= 4 is 0 Å². The number of ether oxygens (including phenoxy) is 8. The summed E-state index contributed by atoms with van der Waals surface area (Å²) in [5, 5.41) is 0. The summed E-state index contributed by atoms with van der Waals surface area (Å²) in [4.78, 5) is 0. The molecule has 0 bridgehead atoms. The van der Waals surface area contributed by atoms with Crippen molar-refractivity contribution in [2.75, 3.05) is 19.8 Å². The van der Waals surface area contributed by atoms with Gasteiger partial charge in [-0.05, 0) is 17.5 Å². The van der Waals surface area contributed by atoms with E-state index < -0.39 is 6.29 Å². The van der Waals surface area contributed by atoms with Gasteiger partial charge < -0.3 is 37.9 Å². The topological polar surface area (TPSA) is 80.4 Å². The van der Waals surface area contributed by atoms with Crippen molar-refractivity contribution in [1.82, 2.24) is 0 Å². The molecule has 9 atom stereocenters. The lowest BCUT2D eigenvalue weighted by Gasteiger charge is -2.27. The Morgan fingerprint density at radius 3 is 2.10 bits per heavy atom. The number of hydrogen-bond acceptors (Lipinski definition) is 8. The number of benzene rings is 2. The van der Waals surface area contributed by atoms with Crippen LogP contribution in [0.5, 0.6) is 0 Å². The number of unbranched alkanes of at least 4 members (excludes halogenated alkanes) is 5. The largest absolute Gasteiger partial charge is 0.374 e. The van der Waals surface area contributed by atoms with E-state index in [9.17, 15) is 0 Å². The van der Waals surface area contributed by atoms with Gasteiger partial charge in [-0.2, -0.15) is 0 Å². The van der Waals surface area contributed by atoms with E-state index in [2.05, 4.69) is 31.2 Å². The van der Waals surface area contributed by atoms with E-state index >= 15 is 0 Å². The molecule has 2 aromatic rings. The molecule has 41 heavy (non-hydrogen) atoms. The second-order valence-corrected chi connectivity index (χ2v) is 11.5.